The van der Waals surface area contributed by atoms with Gasteiger partial charge in [0.15, 0.2) is 0 Å². The second-order valence-electron chi connectivity index (χ2n) is 7.73. The molecule has 0 saturated heterocycles. The van der Waals surface area contributed by atoms with Crippen LogP contribution in [0.2, 0.25) is 0 Å². The quantitative estimate of drug-likeness (QED) is 0.487. The Morgan fingerprint density at radius 2 is 1.71 bits per heavy atom. The predicted octanol–water partition coefficient (Wildman–Crippen LogP) is 6.14. The van der Waals surface area contributed by atoms with Crippen molar-refractivity contribution in [2.75, 3.05) is 0 Å². The average molecular weight is 326 g/mol. The molecule has 0 saturated carbocycles. The summed E-state index contributed by atoms with van der Waals surface area (Å²) in [5.41, 5.74) is 6.82. The summed E-state index contributed by atoms with van der Waals surface area (Å²) in [7, 11) is 0. The average Bonchev–Trinajstić information content (AvgIpc) is 2.90. The van der Waals surface area contributed by atoms with Gasteiger partial charge in [0.25, 0.3) is 0 Å². The molecule has 0 aromatic carbocycles. The fourth-order valence-electron chi connectivity index (χ4n) is 3.84. The number of carboxylic acid groups (broad SMARTS) is 1. The first-order valence-corrected chi connectivity index (χ1v) is 8.99. The Balaban J connectivity index is 2.20. The first kappa shape index (κ1) is 18.5. The van der Waals surface area contributed by atoms with E-state index in [1.54, 1.807) is 0 Å². The van der Waals surface area contributed by atoms with E-state index in [4.69, 9.17) is 5.11 Å². The van der Waals surface area contributed by atoms with Crippen LogP contribution in [-0.4, -0.2) is 11.1 Å². The number of carbonyl (C=O) groups is 1. The first-order valence-electron chi connectivity index (χ1n) is 8.99. The zero-order chi connectivity index (χ0) is 17.7. The Kier molecular flexibility index (Phi) is 6.04. The van der Waals surface area contributed by atoms with E-state index in [-0.39, 0.29) is 5.41 Å². The summed E-state index contributed by atoms with van der Waals surface area (Å²) in [6, 6.07) is 0. The van der Waals surface area contributed by atoms with E-state index >= 15 is 0 Å². The van der Waals surface area contributed by atoms with Gasteiger partial charge >= 0.3 is 5.97 Å². The highest BCUT2D eigenvalue weighted by atomic mass is 16.4. The summed E-state index contributed by atoms with van der Waals surface area (Å²) in [6.07, 6.45) is 17.0. The van der Waals surface area contributed by atoms with Crippen molar-refractivity contribution < 1.29 is 9.90 Å². The van der Waals surface area contributed by atoms with Gasteiger partial charge in [0.05, 0.1) is 0 Å². The maximum Gasteiger partial charge on any atom is 0.328 e. The third-order valence-corrected chi connectivity index (χ3v) is 5.20. The van der Waals surface area contributed by atoms with Crippen LogP contribution in [0.4, 0.5) is 0 Å². The maximum absolute atomic E-state index is 10.7. The zero-order valence-electron chi connectivity index (χ0n) is 15.5. The molecule has 2 heteroatoms. The van der Waals surface area contributed by atoms with Gasteiger partial charge in [-0.15, -0.1) is 0 Å². The van der Waals surface area contributed by atoms with Crippen LogP contribution in [0.1, 0.15) is 66.2 Å². The monoisotopic (exact) mass is 326 g/mol. The van der Waals surface area contributed by atoms with E-state index in [2.05, 4.69) is 39.0 Å². The van der Waals surface area contributed by atoms with Crippen LogP contribution < -0.4 is 0 Å². The summed E-state index contributed by atoms with van der Waals surface area (Å²) in [5, 5.41) is 8.79. The third-order valence-electron chi connectivity index (χ3n) is 5.20. The predicted molar refractivity (Wildman–Crippen MR) is 101 cm³/mol. The number of rotatable bonds is 5. The van der Waals surface area contributed by atoms with Crippen molar-refractivity contribution >= 4 is 5.97 Å². The third kappa shape index (κ3) is 4.83. The van der Waals surface area contributed by atoms with Gasteiger partial charge in [-0.05, 0) is 80.1 Å². The van der Waals surface area contributed by atoms with E-state index in [0.29, 0.717) is 0 Å². The minimum absolute atomic E-state index is 0.273. The molecule has 2 rings (SSSR count). The van der Waals surface area contributed by atoms with Gasteiger partial charge < -0.3 is 5.11 Å². The standard InChI is InChI=1S/C22H30O2/c1-16(15-21(23)24)10-11-18-8-5-9-19(18)12-13-20-17(2)7-6-14-22(20,3)4/h10-13,15H,5-9,14H2,1-4H3,(H,23,24). The molecule has 24 heavy (non-hydrogen) atoms. The molecule has 0 fully saturated rings. The second-order valence-corrected chi connectivity index (χ2v) is 7.73. The Hall–Kier alpha value is -1.83. The van der Waals surface area contributed by atoms with Gasteiger partial charge in [0.1, 0.15) is 0 Å². The van der Waals surface area contributed by atoms with Crippen molar-refractivity contribution in [1.29, 1.82) is 0 Å². The van der Waals surface area contributed by atoms with Gasteiger partial charge in [-0.1, -0.05) is 43.7 Å². The van der Waals surface area contributed by atoms with Crippen LogP contribution in [0, 0.1) is 5.41 Å². The van der Waals surface area contributed by atoms with Crippen LogP contribution in [-0.2, 0) is 4.79 Å². The second kappa shape index (κ2) is 7.83. The minimum atomic E-state index is -0.889. The van der Waals surface area contributed by atoms with E-state index in [0.717, 1.165) is 18.4 Å². The van der Waals surface area contributed by atoms with Crippen molar-refractivity contribution in [2.45, 2.75) is 66.2 Å². The largest absolute Gasteiger partial charge is 0.478 e. The first-order chi connectivity index (χ1) is 11.3. The molecule has 1 N–H and O–H groups in total. The number of allylic oxidation sites excluding steroid dienone is 9. The molecule has 0 aromatic heterocycles. The molecule has 0 aliphatic heterocycles. The fraction of sp³-hybridized carbons (Fsp3) is 0.500. The van der Waals surface area contributed by atoms with Gasteiger partial charge in [0.2, 0.25) is 0 Å². The van der Waals surface area contributed by atoms with E-state index in [1.165, 1.54) is 54.1 Å². The van der Waals surface area contributed by atoms with E-state index in [9.17, 15) is 4.79 Å². The Labute approximate surface area is 146 Å². The molecule has 0 atom stereocenters. The smallest absolute Gasteiger partial charge is 0.328 e. The summed E-state index contributed by atoms with van der Waals surface area (Å²) >= 11 is 0. The number of hydrogen-bond donors (Lipinski definition) is 1. The molecule has 0 amide bonds. The Morgan fingerprint density at radius 1 is 1.04 bits per heavy atom. The normalized spacial score (nSPS) is 22.2. The molecule has 2 nitrogen and oxygen atoms in total. The lowest BCUT2D eigenvalue weighted by Gasteiger charge is -2.33. The molecule has 0 bridgehead atoms. The molecule has 130 valence electrons. The summed E-state index contributed by atoms with van der Waals surface area (Å²) in [6.45, 7) is 8.79. The molecular weight excluding hydrogens is 296 g/mol. The van der Waals surface area contributed by atoms with Gasteiger partial charge in [-0.2, -0.15) is 0 Å². The van der Waals surface area contributed by atoms with Crippen molar-refractivity contribution in [3.63, 3.8) is 0 Å². The summed E-state index contributed by atoms with van der Waals surface area (Å²) in [5.74, 6) is -0.889. The lowest BCUT2D eigenvalue weighted by Crippen LogP contribution is -2.19. The molecule has 0 aromatic rings. The van der Waals surface area contributed by atoms with Gasteiger partial charge in [-0.3, -0.25) is 0 Å². The van der Waals surface area contributed by atoms with Crippen molar-refractivity contribution in [2.24, 2.45) is 5.41 Å². The Bertz CT molecular complexity index is 651. The van der Waals surface area contributed by atoms with Crippen molar-refractivity contribution in [1.82, 2.24) is 0 Å². The van der Waals surface area contributed by atoms with Crippen LogP contribution in [0.3, 0.4) is 0 Å². The number of carboxylic acids is 1. The molecule has 0 unspecified atom stereocenters. The van der Waals surface area contributed by atoms with Gasteiger partial charge in [-0.25, -0.2) is 4.79 Å². The summed E-state index contributed by atoms with van der Waals surface area (Å²) in [4.78, 5) is 10.7. The van der Waals surface area contributed by atoms with Crippen LogP contribution in [0.15, 0.2) is 58.2 Å². The molecule has 2 aliphatic carbocycles. The highest BCUT2D eigenvalue weighted by Gasteiger charge is 2.26. The lowest BCUT2D eigenvalue weighted by atomic mass is 9.72. The molecule has 2 aliphatic rings. The fourth-order valence-corrected chi connectivity index (χ4v) is 3.84. The van der Waals surface area contributed by atoms with E-state index in [1.807, 2.05) is 13.0 Å². The topological polar surface area (TPSA) is 37.3 Å². The highest BCUT2D eigenvalue weighted by Crippen LogP contribution is 2.41. The lowest BCUT2D eigenvalue weighted by molar-refractivity contribution is -0.131. The number of aliphatic carboxylic acids is 1. The van der Waals surface area contributed by atoms with Gasteiger partial charge in [0, 0.05) is 6.08 Å². The summed E-state index contributed by atoms with van der Waals surface area (Å²) < 4.78 is 0. The van der Waals surface area contributed by atoms with E-state index < -0.39 is 5.97 Å². The van der Waals surface area contributed by atoms with Crippen LogP contribution in [0.25, 0.3) is 0 Å². The molecular formula is C22H30O2. The Morgan fingerprint density at radius 3 is 2.33 bits per heavy atom. The van der Waals surface area contributed by atoms with Crippen molar-refractivity contribution in [3.05, 3.63) is 58.2 Å². The molecule has 0 heterocycles. The van der Waals surface area contributed by atoms with Crippen molar-refractivity contribution in [3.8, 4) is 0 Å². The SMILES string of the molecule is CC(C=CC1=C(C=CC2=C(C)CCCC2(C)C)CCC1)=CC(=O)O. The van der Waals surface area contributed by atoms with Crippen LogP contribution >= 0.6 is 0 Å². The zero-order valence-corrected chi connectivity index (χ0v) is 15.5. The highest BCUT2D eigenvalue weighted by molar-refractivity contribution is 5.81. The minimum Gasteiger partial charge on any atom is -0.478 e. The molecule has 0 spiro atoms. The number of hydrogen-bond acceptors (Lipinski definition) is 1. The molecule has 0 radical (unpaired) electrons. The maximum atomic E-state index is 10.7. The van der Waals surface area contributed by atoms with Crippen LogP contribution in [0.5, 0.6) is 0 Å².